The number of esters is 2. The maximum absolute atomic E-state index is 12.5. The second-order valence-corrected chi connectivity index (χ2v) is 7.34. The van der Waals surface area contributed by atoms with Gasteiger partial charge in [-0.3, -0.25) is 9.69 Å². The largest absolute Gasteiger partial charge is 0.464 e. The van der Waals surface area contributed by atoms with E-state index in [0.29, 0.717) is 0 Å². The van der Waals surface area contributed by atoms with Gasteiger partial charge in [0.15, 0.2) is 0 Å². The van der Waals surface area contributed by atoms with Crippen LogP contribution in [0.2, 0.25) is 0 Å². The summed E-state index contributed by atoms with van der Waals surface area (Å²) in [4.78, 5) is 37.8. The maximum Gasteiger partial charge on any atom is 0.413 e. The normalized spacial score (nSPS) is 16.7. The predicted molar refractivity (Wildman–Crippen MR) is 91.7 cm³/mol. The highest BCUT2D eigenvalue weighted by Gasteiger charge is 2.35. The second-order valence-electron chi connectivity index (χ2n) is 7.34. The minimum absolute atomic E-state index is 0.0704. The molecular formula is C18H31NO6. The summed E-state index contributed by atoms with van der Waals surface area (Å²) in [6.07, 6.45) is 4.11. The second kappa shape index (κ2) is 9.63. The van der Waals surface area contributed by atoms with Crippen molar-refractivity contribution in [2.75, 3.05) is 13.4 Å². The maximum atomic E-state index is 12.5. The zero-order valence-corrected chi connectivity index (χ0v) is 16.0. The van der Waals surface area contributed by atoms with Crippen LogP contribution in [0.15, 0.2) is 0 Å². The van der Waals surface area contributed by atoms with Crippen molar-refractivity contribution in [3.8, 4) is 0 Å². The monoisotopic (exact) mass is 357 g/mol. The number of hydrogen-bond acceptors (Lipinski definition) is 6. The minimum atomic E-state index is -0.742. The van der Waals surface area contributed by atoms with Gasteiger partial charge in [0.2, 0.25) is 6.79 Å². The van der Waals surface area contributed by atoms with Crippen LogP contribution in [-0.2, 0) is 23.8 Å². The van der Waals surface area contributed by atoms with Crippen molar-refractivity contribution in [3.05, 3.63) is 0 Å². The van der Waals surface area contributed by atoms with Crippen molar-refractivity contribution < 1.29 is 28.6 Å². The Hall–Kier alpha value is -1.79. The highest BCUT2D eigenvalue weighted by Crippen LogP contribution is 2.25. The number of carbonyl (C=O) groups excluding carboxylic acids is 3. The summed E-state index contributed by atoms with van der Waals surface area (Å²) in [7, 11) is 0. The molecule has 25 heavy (non-hydrogen) atoms. The predicted octanol–water partition coefficient (Wildman–Crippen LogP) is 3.26. The van der Waals surface area contributed by atoms with Gasteiger partial charge in [-0.15, -0.1) is 0 Å². The molecule has 0 N–H and O–H groups in total. The van der Waals surface area contributed by atoms with Gasteiger partial charge in [0, 0.05) is 6.04 Å². The Labute approximate surface area is 150 Å². The van der Waals surface area contributed by atoms with Crippen LogP contribution in [0.25, 0.3) is 0 Å². The van der Waals surface area contributed by atoms with Crippen LogP contribution in [0, 0.1) is 5.41 Å². The van der Waals surface area contributed by atoms with Gasteiger partial charge < -0.3 is 14.2 Å². The van der Waals surface area contributed by atoms with Crippen molar-refractivity contribution in [1.82, 2.24) is 4.90 Å². The molecule has 1 saturated carbocycles. The first-order valence-corrected chi connectivity index (χ1v) is 8.97. The quantitative estimate of drug-likeness (QED) is 0.536. The highest BCUT2D eigenvalue weighted by molar-refractivity contribution is 5.81. The van der Waals surface area contributed by atoms with Gasteiger partial charge in [-0.25, -0.2) is 9.59 Å². The molecule has 7 nitrogen and oxygen atoms in total. The summed E-state index contributed by atoms with van der Waals surface area (Å²) in [5.74, 6) is -0.917. The summed E-state index contributed by atoms with van der Waals surface area (Å²) >= 11 is 0. The molecule has 1 amide bonds. The van der Waals surface area contributed by atoms with Crippen LogP contribution in [0.5, 0.6) is 0 Å². The lowest BCUT2D eigenvalue weighted by atomic mass is 9.93. The molecule has 0 aromatic rings. The number of nitrogens with zero attached hydrogens (tertiary/aromatic N) is 1. The fraction of sp³-hybridized carbons (Fsp3) is 0.833. The molecule has 0 saturated heterocycles. The van der Waals surface area contributed by atoms with Crippen LogP contribution in [-0.4, -0.2) is 48.4 Å². The molecule has 1 atom stereocenters. The lowest BCUT2D eigenvalue weighted by Gasteiger charge is -2.36. The molecule has 0 bridgehead atoms. The number of hydrogen-bond donors (Lipinski definition) is 0. The number of rotatable bonds is 6. The Morgan fingerprint density at radius 2 is 1.64 bits per heavy atom. The molecular weight excluding hydrogens is 326 g/mol. The van der Waals surface area contributed by atoms with E-state index in [9.17, 15) is 14.4 Å². The van der Waals surface area contributed by atoms with Gasteiger partial charge in [-0.2, -0.15) is 0 Å². The van der Waals surface area contributed by atoms with Gasteiger partial charge in [0.25, 0.3) is 0 Å². The van der Waals surface area contributed by atoms with E-state index in [0.717, 1.165) is 32.1 Å². The molecule has 1 rings (SSSR count). The molecule has 1 aliphatic carbocycles. The van der Waals surface area contributed by atoms with Crippen molar-refractivity contribution in [2.45, 2.75) is 78.8 Å². The Morgan fingerprint density at radius 1 is 1.04 bits per heavy atom. The smallest absolute Gasteiger partial charge is 0.413 e. The average molecular weight is 357 g/mol. The van der Waals surface area contributed by atoms with E-state index < -0.39 is 36.3 Å². The first kappa shape index (κ1) is 21.3. The summed E-state index contributed by atoms with van der Waals surface area (Å²) in [5, 5.41) is 0. The number of amides is 1. The van der Waals surface area contributed by atoms with Gasteiger partial charge in [0.05, 0.1) is 12.0 Å². The third kappa shape index (κ3) is 6.55. The van der Waals surface area contributed by atoms with E-state index in [2.05, 4.69) is 0 Å². The summed E-state index contributed by atoms with van der Waals surface area (Å²) in [6, 6.07) is -0.812. The van der Waals surface area contributed by atoms with Crippen LogP contribution < -0.4 is 0 Å². The van der Waals surface area contributed by atoms with Crippen molar-refractivity contribution in [2.24, 2.45) is 5.41 Å². The van der Waals surface area contributed by atoms with E-state index >= 15 is 0 Å². The first-order valence-electron chi connectivity index (χ1n) is 8.97. The van der Waals surface area contributed by atoms with Gasteiger partial charge in [-0.1, -0.05) is 19.3 Å². The minimum Gasteiger partial charge on any atom is -0.464 e. The molecule has 0 aromatic carbocycles. The van der Waals surface area contributed by atoms with Crippen LogP contribution >= 0.6 is 0 Å². The fourth-order valence-corrected chi connectivity index (χ4v) is 2.78. The number of carbonyl (C=O) groups is 3. The topological polar surface area (TPSA) is 82.1 Å². The Bertz CT molecular complexity index is 465. The molecule has 144 valence electrons. The summed E-state index contributed by atoms with van der Waals surface area (Å²) < 4.78 is 15.1. The molecule has 0 heterocycles. The van der Waals surface area contributed by atoms with E-state index in [1.54, 1.807) is 34.6 Å². The Balaban J connectivity index is 2.71. The van der Waals surface area contributed by atoms with Crippen LogP contribution in [0.3, 0.4) is 0 Å². The lowest BCUT2D eigenvalue weighted by molar-refractivity contribution is -0.163. The van der Waals surface area contributed by atoms with Crippen LogP contribution in [0.4, 0.5) is 4.79 Å². The molecule has 1 fully saturated rings. The van der Waals surface area contributed by atoms with Crippen molar-refractivity contribution >= 4 is 18.0 Å². The summed E-state index contributed by atoms with van der Waals surface area (Å²) in [5.41, 5.74) is -0.673. The molecule has 0 radical (unpaired) electrons. The third-order valence-corrected chi connectivity index (χ3v) is 4.21. The van der Waals surface area contributed by atoms with Crippen molar-refractivity contribution in [1.29, 1.82) is 0 Å². The Kier molecular flexibility index (Phi) is 8.19. The Morgan fingerprint density at radius 3 is 2.16 bits per heavy atom. The van der Waals surface area contributed by atoms with Gasteiger partial charge in [0.1, 0.15) is 6.04 Å². The van der Waals surface area contributed by atoms with Gasteiger partial charge >= 0.3 is 18.0 Å². The lowest BCUT2D eigenvalue weighted by Crippen LogP contribution is -2.51. The fourth-order valence-electron chi connectivity index (χ4n) is 2.78. The number of ether oxygens (including phenoxy) is 3. The molecule has 1 unspecified atom stereocenters. The van der Waals surface area contributed by atoms with Crippen molar-refractivity contribution in [3.63, 3.8) is 0 Å². The first-order chi connectivity index (χ1) is 11.7. The average Bonchev–Trinajstić information content (AvgIpc) is 2.55. The highest BCUT2D eigenvalue weighted by atomic mass is 16.7. The molecule has 0 aromatic heterocycles. The zero-order chi connectivity index (χ0) is 19.0. The van der Waals surface area contributed by atoms with E-state index in [1.807, 2.05) is 0 Å². The standard InChI is InChI=1S/C18H31NO6/c1-6-23-15(20)13(2)19(14-10-8-7-9-11-14)17(22)25-12-24-16(21)18(3,4)5/h13-14H,6-12H2,1-5H3. The van der Waals surface area contributed by atoms with Crippen LogP contribution in [0.1, 0.15) is 66.7 Å². The third-order valence-electron chi connectivity index (χ3n) is 4.21. The molecule has 0 spiro atoms. The van der Waals surface area contributed by atoms with E-state index in [-0.39, 0.29) is 12.6 Å². The zero-order valence-electron chi connectivity index (χ0n) is 16.0. The molecule has 0 aliphatic heterocycles. The molecule has 7 heteroatoms. The van der Waals surface area contributed by atoms with Gasteiger partial charge in [-0.05, 0) is 47.5 Å². The van der Waals surface area contributed by atoms with E-state index in [1.165, 1.54) is 4.90 Å². The SMILES string of the molecule is CCOC(=O)C(C)N(C(=O)OCOC(=O)C(C)(C)C)C1CCCCC1. The van der Waals surface area contributed by atoms with E-state index in [4.69, 9.17) is 14.2 Å². The summed E-state index contributed by atoms with van der Waals surface area (Å²) in [6.45, 7) is 8.29. The molecule has 1 aliphatic rings.